The molecule has 1 aliphatic heterocycles. The van der Waals surface area contributed by atoms with Crippen LogP contribution < -0.4 is 10.6 Å². The van der Waals surface area contributed by atoms with Crippen LogP contribution in [0.15, 0.2) is 30.3 Å². The highest BCUT2D eigenvalue weighted by atomic mass is 35.5. The van der Waals surface area contributed by atoms with Gasteiger partial charge in [-0.25, -0.2) is 4.98 Å². The lowest BCUT2D eigenvalue weighted by molar-refractivity contribution is -0.170. The van der Waals surface area contributed by atoms with Crippen molar-refractivity contribution in [3.63, 3.8) is 0 Å². The van der Waals surface area contributed by atoms with Crippen LogP contribution in [0.4, 0.5) is 19.0 Å². The van der Waals surface area contributed by atoms with Crippen LogP contribution in [0.1, 0.15) is 12.8 Å². The first-order valence-corrected chi connectivity index (χ1v) is 7.86. The van der Waals surface area contributed by atoms with Gasteiger partial charge in [-0.2, -0.15) is 13.2 Å². The predicted octanol–water partition coefficient (Wildman–Crippen LogP) is 3.28. The number of pyridine rings is 1. The van der Waals surface area contributed by atoms with Gasteiger partial charge in [-0.15, -0.1) is 0 Å². The second-order valence-electron chi connectivity index (χ2n) is 5.76. The van der Waals surface area contributed by atoms with E-state index in [0.717, 1.165) is 5.39 Å². The van der Waals surface area contributed by atoms with E-state index in [0.29, 0.717) is 10.5 Å². The molecule has 2 heterocycles. The number of hydrogen-bond acceptors (Lipinski definition) is 3. The van der Waals surface area contributed by atoms with E-state index < -0.39 is 30.0 Å². The highest BCUT2D eigenvalue weighted by molar-refractivity contribution is 6.31. The summed E-state index contributed by atoms with van der Waals surface area (Å²) in [5, 5.41) is 5.61. The van der Waals surface area contributed by atoms with Gasteiger partial charge in [0.05, 0.1) is 5.52 Å². The molecule has 2 atom stereocenters. The second kappa shape index (κ2) is 6.51. The van der Waals surface area contributed by atoms with Crippen LogP contribution in [-0.2, 0) is 9.59 Å². The lowest BCUT2D eigenvalue weighted by Gasteiger charge is -2.29. The average Bonchev–Trinajstić information content (AvgIpc) is 2.53. The molecular formula is C16H13ClF3N3O2. The summed E-state index contributed by atoms with van der Waals surface area (Å²) in [6.45, 7) is 0. The number of hydrogen-bond donors (Lipinski definition) is 2. The number of anilines is 1. The van der Waals surface area contributed by atoms with E-state index in [1.54, 1.807) is 30.3 Å². The molecule has 1 saturated heterocycles. The molecule has 0 radical (unpaired) electrons. The maximum atomic E-state index is 12.6. The largest absolute Gasteiger partial charge is 0.408 e. The smallest absolute Gasteiger partial charge is 0.344 e. The van der Waals surface area contributed by atoms with Crippen LogP contribution in [0.2, 0.25) is 5.02 Å². The summed E-state index contributed by atoms with van der Waals surface area (Å²) >= 11 is 5.90. The normalized spacial score (nSPS) is 21.0. The number of benzene rings is 1. The number of carbonyl (C=O) groups excluding carboxylic acids is 2. The number of aromatic nitrogens is 1. The van der Waals surface area contributed by atoms with Crippen molar-refractivity contribution in [2.75, 3.05) is 5.32 Å². The number of piperidine rings is 1. The predicted molar refractivity (Wildman–Crippen MR) is 86.1 cm³/mol. The Hall–Kier alpha value is -2.35. The van der Waals surface area contributed by atoms with E-state index in [-0.39, 0.29) is 18.7 Å². The van der Waals surface area contributed by atoms with Crippen molar-refractivity contribution in [2.24, 2.45) is 5.92 Å². The molecule has 9 heteroatoms. The zero-order chi connectivity index (χ0) is 18.2. The van der Waals surface area contributed by atoms with Crippen molar-refractivity contribution in [2.45, 2.75) is 25.1 Å². The monoisotopic (exact) mass is 371 g/mol. The molecule has 0 spiro atoms. The van der Waals surface area contributed by atoms with Crippen LogP contribution in [0.5, 0.6) is 0 Å². The van der Waals surface area contributed by atoms with Gasteiger partial charge in [0.25, 0.3) is 0 Å². The van der Waals surface area contributed by atoms with Gasteiger partial charge in [0.2, 0.25) is 11.8 Å². The lowest BCUT2D eigenvalue weighted by Crippen LogP contribution is -2.53. The Balaban J connectivity index is 1.71. The Morgan fingerprint density at radius 3 is 2.64 bits per heavy atom. The minimum atomic E-state index is -4.52. The third-order valence-electron chi connectivity index (χ3n) is 3.99. The van der Waals surface area contributed by atoms with E-state index in [2.05, 4.69) is 10.3 Å². The summed E-state index contributed by atoms with van der Waals surface area (Å²) in [6, 6.07) is 6.44. The summed E-state index contributed by atoms with van der Waals surface area (Å²) < 4.78 is 37.9. The number of fused-ring (bicyclic) bond motifs is 1. The van der Waals surface area contributed by atoms with Crippen molar-refractivity contribution in [3.8, 4) is 0 Å². The maximum absolute atomic E-state index is 12.6. The van der Waals surface area contributed by atoms with E-state index in [1.807, 2.05) is 5.32 Å². The molecule has 5 nitrogen and oxygen atoms in total. The van der Waals surface area contributed by atoms with Crippen molar-refractivity contribution >= 4 is 40.1 Å². The van der Waals surface area contributed by atoms with Gasteiger partial charge in [-0.1, -0.05) is 17.7 Å². The Morgan fingerprint density at radius 2 is 1.96 bits per heavy atom. The van der Waals surface area contributed by atoms with Gasteiger partial charge in [0.15, 0.2) is 0 Å². The topological polar surface area (TPSA) is 71.1 Å². The fraction of sp³-hybridized carbons (Fsp3) is 0.312. The number of nitrogens with zero attached hydrogens (tertiary/aromatic N) is 1. The Labute approximate surface area is 145 Å². The molecule has 1 aromatic carbocycles. The quantitative estimate of drug-likeness (QED) is 0.796. The average molecular weight is 372 g/mol. The summed E-state index contributed by atoms with van der Waals surface area (Å²) in [5.41, 5.74) is 0.551. The molecule has 1 fully saturated rings. The maximum Gasteiger partial charge on any atom is 0.408 e. The Bertz CT molecular complexity index is 841. The number of rotatable bonds is 2. The Morgan fingerprint density at radius 1 is 1.24 bits per heavy atom. The van der Waals surface area contributed by atoms with Crippen molar-refractivity contribution < 1.29 is 22.8 Å². The summed E-state index contributed by atoms with van der Waals surface area (Å²) in [7, 11) is 0. The van der Waals surface area contributed by atoms with Crippen LogP contribution in [0.3, 0.4) is 0 Å². The van der Waals surface area contributed by atoms with E-state index in [9.17, 15) is 22.8 Å². The number of alkyl halides is 3. The number of carbonyl (C=O) groups is 2. The third-order valence-corrected chi connectivity index (χ3v) is 4.23. The molecule has 25 heavy (non-hydrogen) atoms. The summed E-state index contributed by atoms with van der Waals surface area (Å²) in [4.78, 5) is 28.3. The minimum absolute atomic E-state index is 0.179. The van der Waals surface area contributed by atoms with Crippen molar-refractivity contribution in [1.29, 1.82) is 0 Å². The zero-order valence-electron chi connectivity index (χ0n) is 12.7. The zero-order valence-corrected chi connectivity index (χ0v) is 13.5. The number of halogens is 4. The standard InChI is InChI=1S/C16H13ClF3N3O2/c17-9-3-1-8-2-6-13(21-11(8)7-9)23-15(25)10-4-5-12(16(18,19)20)22-14(10)24/h1-3,6-7,10,12H,4-5H2,(H,22,24)(H,21,23,25). The number of nitrogens with one attached hydrogen (secondary N) is 2. The molecule has 2 aromatic rings. The molecule has 2 N–H and O–H groups in total. The highest BCUT2D eigenvalue weighted by Gasteiger charge is 2.45. The van der Waals surface area contributed by atoms with E-state index >= 15 is 0 Å². The van der Waals surface area contributed by atoms with Crippen molar-refractivity contribution in [1.82, 2.24) is 10.3 Å². The van der Waals surface area contributed by atoms with Crippen molar-refractivity contribution in [3.05, 3.63) is 35.4 Å². The van der Waals surface area contributed by atoms with Gasteiger partial charge in [-0.05, 0) is 37.1 Å². The lowest BCUT2D eigenvalue weighted by atomic mass is 9.93. The fourth-order valence-corrected chi connectivity index (χ4v) is 2.84. The molecule has 2 amide bonds. The molecule has 132 valence electrons. The van der Waals surface area contributed by atoms with Gasteiger partial charge in [-0.3, -0.25) is 9.59 Å². The van der Waals surface area contributed by atoms with Crippen LogP contribution in [0.25, 0.3) is 10.9 Å². The van der Waals surface area contributed by atoms with Gasteiger partial charge >= 0.3 is 6.18 Å². The van der Waals surface area contributed by atoms with Crippen LogP contribution >= 0.6 is 11.6 Å². The first kappa shape index (κ1) is 17.5. The number of amides is 2. The second-order valence-corrected chi connectivity index (χ2v) is 6.19. The minimum Gasteiger partial charge on any atom is -0.344 e. The van der Waals surface area contributed by atoms with Crippen LogP contribution in [0, 0.1) is 5.92 Å². The summed E-state index contributed by atoms with van der Waals surface area (Å²) in [6.07, 6.45) is -5.04. The first-order chi connectivity index (χ1) is 11.7. The molecule has 2 unspecified atom stereocenters. The van der Waals surface area contributed by atoms with Gasteiger partial charge < -0.3 is 10.6 Å². The van der Waals surface area contributed by atoms with E-state index in [4.69, 9.17) is 11.6 Å². The van der Waals surface area contributed by atoms with Gasteiger partial charge in [0, 0.05) is 10.4 Å². The molecule has 0 bridgehead atoms. The molecular weight excluding hydrogens is 359 g/mol. The SMILES string of the molecule is O=C(Nc1ccc2ccc(Cl)cc2n1)C1CCC(C(F)(F)F)NC1=O. The molecule has 1 aliphatic rings. The fourth-order valence-electron chi connectivity index (χ4n) is 2.68. The third kappa shape index (κ3) is 3.84. The molecule has 1 aromatic heterocycles. The van der Waals surface area contributed by atoms with Gasteiger partial charge in [0.1, 0.15) is 17.8 Å². The van der Waals surface area contributed by atoms with E-state index in [1.165, 1.54) is 0 Å². The summed E-state index contributed by atoms with van der Waals surface area (Å²) in [5.74, 6) is -2.61. The molecule has 3 rings (SSSR count). The molecule has 0 saturated carbocycles. The highest BCUT2D eigenvalue weighted by Crippen LogP contribution is 2.29. The van der Waals surface area contributed by atoms with Crippen LogP contribution in [-0.4, -0.2) is 29.0 Å². The first-order valence-electron chi connectivity index (χ1n) is 7.48. The molecule has 0 aliphatic carbocycles. The Kier molecular flexibility index (Phi) is 4.55.